The van der Waals surface area contributed by atoms with Crippen LogP contribution >= 0.6 is 0 Å². The predicted octanol–water partition coefficient (Wildman–Crippen LogP) is 2.00. The third-order valence-corrected chi connectivity index (χ3v) is 3.76. The summed E-state index contributed by atoms with van der Waals surface area (Å²) in [6.07, 6.45) is -9.56. The first-order chi connectivity index (χ1) is 10.00. The minimum Gasteiger partial charge on any atom is -0.344 e. The Hall–Kier alpha value is -1.48. The van der Waals surface area contributed by atoms with E-state index in [4.69, 9.17) is 0 Å². The van der Waals surface area contributed by atoms with Gasteiger partial charge in [0.1, 0.15) is 6.04 Å². The lowest BCUT2D eigenvalue weighted by molar-refractivity contribution is -0.199. The van der Waals surface area contributed by atoms with Gasteiger partial charge >= 0.3 is 18.3 Å². The molecule has 0 aromatic carbocycles. The monoisotopic (exact) mass is 332 g/mol. The highest BCUT2D eigenvalue weighted by atomic mass is 19.4. The second-order valence-electron chi connectivity index (χ2n) is 5.57. The van der Waals surface area contributed by atoms with E-state index in [0.29, 0.717) is 17.7 Å². The van der Waals surface area contributed by atoms with E-state index in [1.165, 1.54) is 0 Å². The third-order valence-electron chi connectivity index (χ3n) is 3.76. The molecule has 1 aliphatic heterocycles. The van der Waals surface area contributed by atoms with Gasteiger partial charge in [-0.25, -0.2) is 0 Å². The number of carbonyl (C=O) groups excluding carboxylic acids is 2. The van der Waals surface area contributed by atoms with Crippen LogP contribution in [0.3, 0.4) is 0 Å². The number of piperidine rings is 1. The molecule has 10 heteroatoms. The molecule has 2 amide bonds. The van der Waals surface area contributed by atoms with Crippen molar-refractivity contribution in [3.05, 3.63) is 0 Å². The van der Waals surface area contributed by atoms with Gasteiger partial charge in [-0.1, -0.05) is 0 Å². The predicted molar refractivity (Wildman–Crippen MR) is 61.5 cm³/mol. The molecule has 0 aromatic heterocycles. The average Bonchev–Trinajstić information content (AvgIpc) is 3.19. The quantitative estimate of drug-likeness (QED) is 0.787. The summed E-state index contributed by atoms with van der Waals surface area (Å²) < 4.78 is 75.4. The fraction of sp³-hybridized carbons (Fsp3) is 0.833. The summed E-state index contributed by atoms with van der Waals surface area (Å²) in [6.45, 7) is -0.554. The van der Waals surface area contributed by atoms with Crippen LogP contribution in [-0.4, -0.2) is 47.7 Å². The number of alkyl halides is 6. The van der Waals surface area contributed by atoms with Crippen molar-refractivity contribution in [1.29, 1.82) is 0 Å². The zero-order valence-corrected chi connectivity index (χ0v) is 11.3. The maximum absolute atomic E-state index is 13.0. The molecule has 1 N–H and O–H groups in total. The van der Waals surface area contributed by atoms with E-state index in [-0.39, 0.29) is 6.42 Å². The lowest BCUT2D eigenvalue weighted by Crippen LogP contribution is -2.59. The number of carbonyl (C=O) groups is 2. The van der Waals surface area contributed by atoms with Crippen LogP contribution in [0.2, 0.25) is 0 Å². The number of likely N-dealkylation sites (tertiary alicyclic amines) is 1. The summed E-state index contributed by atoms with van der Waals surface area (Å²) in [5.74, 6) is -3.39. The molecule has 2 unspecified atom stereocenters. The van der Waals surface area contributed by atoms with Gasteiger partial charge in [0.15, 0.2) is 0 Å². The zero-order chi connectivity index (χ0) is 16.7. The van der Waals surface area contributed by atoms with Crippen molar-refractivity contribution in [3.63, 3.8) is 0 Å². The second kappa shape index (κ2) is 5.62. The normalized spacial score (nSPS) is 26.7. The van der Waals surface area contributed by atoms with E-state index < -0.39 is 55.1 Å². The summed E-state index contributed by atoms with van der Waals surface area (Å²) in [5, 5.41) is 1.65. The van der Waals surface area contributed by atoms with Crippen LogP contribution in [0.25, 0.3) is 0 Å². The summed E-state index contributed by atoms with van der Waals surface area (Å²) in [5.41, 5.74) is 0. The Morgan fingerprint density at radius 2 is 1.55 bits per heavy atom. The highest BCUT2D eigenvalue weighted by Crippen LogP contribution is 2.37. The zero-order valence-electron chi connectivity index (χ0n) is 11.3. The minimum atomic E-state index is -5.10. The maximum atomic E-state index is 13.0. The molecule has 2 atom stereocenters. The topological polar surface area (TPSA) is 49.4 Å². The van der Waals surface area contributed by atoms with Crippen molar-refractivity contribution in [1.82, 2.24) is 10.2 Å². The summed E-state index contributed by atoms with van der Waals surface area (Å²) >= 11 is 0. The van der Waals surface area contributed by atoms with Gasteiger partial charge in [-0.3, -0.25) is 9.59 Å². The highest BCUT2D eigenvalue weighted by molar-refractivity contribution is 5.83. The van der Waals surface area contributed by atoms with Crippen molar-refractivity contribution >= 4 is 11.8 Å². The fourth-order valence-corrected chi connectivity index (χ4v) is 2.50. The molecule has 126 valence electrons. The van der Waals surface area contributed by atoms with Crippen LogP contribution in [0.15, 0.2) is 0 Å². The SMILES string of the molecule is O=C(C1CC1)N1CC(NC(=O)C(F)(F)F)CCC1C(F)(F)F. The van der Waals surface area contributed by atoms with Crippen LogP contribution in [0.5, 0.6) is 0 Å². The Bertz CT molecular complexity index is 458. The molecule has 1 aliphatic carbocycles. The first kappa shape index (κ1) is 16.9. The number of hydrogen-bond acceptors (Lipinski definition) is 2. The molecule has 2 aliphatic rings. The third kappa shape index (κ3) is 3.83. The van der Waals surface area contributed by atoms with E-state index in [0.717, 1.165) is 0 Å². The van der Waals surface area contributed by atoms with Gasteiger partial charge in [-0.2, -0.15) is 26.3 Å². The number of halogens is 6. The second-order valence-corrected chi connectivity index (χ2v) is 5.57. The smallest absolute Gasteiger partial charge is 0.344 e. The Morgan fingerprint density at radius 3 is 2.00 bits per heavy atom. The highest BCUT2D eigenvalue weighted by Gasteiger charge is 2.51. The van der Waals surface area contributed by atoms with Crippen molar-refractivity contribution in [2.75, 3.05) is 6.54 Å². The van der Waals surface area contributed by atoms with Crippen molar-refractivity contribution in [2.45, 2.75) is 50.1 Å². The molecule has 4 nitrogen and oxygen atoms in total. The molecule has 0 aromatic rings. The van der Waals surface area contributed by atoms with Gasteiger partial charge < -0.3 is 10.2 Å². The molecule has 2 rings (SSSR count). The van der Waals surface area contributed by atoms with Gasteiger partial charge in [0.2, 0.25) is 5.91 Å². The molecular weight excluding hydrogens is 318 g/mol. The molecule has 1 saturated heterocycles. The summed E-state index contributed by atoms with van der Waals surface area (Å²) in [6, 6.07) is -3.13. The molecule has 1 saturated carbocycles. The average molecular weight is 332 g/mol. The van der Waals surface area contributed by atoms with Crippen molar-refractivity contribution in [2.24, 2.45) is 5.92 Å². The van der Waals surface area contributed by atoms with Crippen LogP contribution in [0.1, 0.15) is 25.7 Å². The minimum absolute atomic E-state index is 0.263. The largest absolute Gasteiger partial charge is 0.471 e. The molecule has 2 fully saturated rings. The van der Waals surface area contributed by atoms with Gasteiger partial charge in [-0.15, -0.1) is 0 Å². The van der Waals surface area contributed by atoms with Crippen LogP contribution in [0, 0.1) is 5.92 Å². The molecule has 1 heterocycles. The van der Waals surface area contributed by atoms with Gasteiger partial charge in [-0.05, 0) is 25.7 Å². The number of hydrogen-bond donors (Lipinski definition) is 1. The Labute approximate surface area is 121 Å². The van der Waals surface area contributed by atoms with E-state index in [2.05, 4.69) is 0 Å². The van der Waals surface area contributed by atoms with E-state index in [1.807, 2.05) is 0 Å². The maximum Gasteiger partial charge on any atom is 0.471 e. The lowest BCUT2D eigenvalue weighted by atomic mass is 9.97. The van der Waals surface area contributed by atoms with Gasteiger partial charge in [0.25, 0.3) is 0 Å². The number of rotatable bonds is 2. The first-order valence-corrected chi connectivity index (χ1v) is 6.75. The molecule has 0 spiro atoms. The van der Waals surface area contributed by atoms with Crippen LogP contribution in [-0.2, 0) is 9.59 Å². The molecular formula is C12H14F6N2O2. The first-order valence-electron chi connectivity index (χ1n) is 6.75. The lowest BCUT2D eigenvalue weighted by Gasteiger charge is -2.40. The van der Waals surface area contributed by atoms with Gasteiger partial charge in [0, 0.05) is 18.5 Å². The summed E-state index contributed by atoms with van der Waals surface area (Å²) in [4.78, 5) is 23.4. The van der Waals surface area contributed by atoms with Crippen molar-refractivity contribution < 1.29 is 35.9 Å². The van der Waals surface area contributed by atoms with E-state index in [9.17, 15) is 35.9 Å². The van der Waals surface area contributed by atoms with Crippen LogP contribution < -0.4 is 5.32 Å². The number of amides is 2. The fourth-order valence-electron chi connectivity index (χ4n) is 2.50. The molecule has 0 radical (unpaired) electrons. The Kier molecular flexibility index (Phi) is 4.31. The Balaban J connectivity index is 2.07. The standard InChI is InChI=1S/C12H14F6N2O2/c13-11(14,15)8-4-3-7(19-10(22)12(16,17)18)5-20(8)9(21)6-1-2-6/h6-8H,1-5H2,(H,19,22). The van der Waals surface area contributed by atoms with Crippen LogP contribution in [0.4, 0.5) is 26.3 Å². The van der Waals surface area contributed by atoms with Crippen molar-refractivity contribution in [3.8, 4) is 0 Å². The van der Waals surface area contributed by atoms with E-state index in [1.54, 1.807) is 5.32 Å². The molecule has 0 bridgehead atoms. The summed E-state index contributed by atoms with van der Waals surface area (Å²) in [7, 11) is 0. The molecule has 22 heavy (non-hydrogen) atoms. The number of nitrogens with one attached hydrogen (secondary N) is 1. The number of nitrogens with zero attached hydrogens (tertiary/aromatic N) is 1. The Morgan fingerprint density at radius 1 is 0.955 bits per heavy atom. The van der Waals surface area contributed by atoms with Gasteiger partial charge in [0.05, 0.1) is 0 Å². The van der Waals surface area contributed by atoms with E-state index >= 15 is 0 Å².